The van der Waals surface area contributed by atoms with E-state index in [1.54, 1.807) is 22.8 Å². The maximum Gasteiger partial charge on any atom is 0.256 e. The molecule has 3 nitrogen and oxygen atoms in total. The molecule has 1 aromatic carbocycles. The monoisotopic (exact) mass is 345 g/mol. The summed E-state index contributed by atoms with van der Waals surface area (Å²) >= 11 is 7.47. The molecule has 0 aliphatic carbocycles. The fourth-order valence-electron chi connectivity index (χ4n) is 2.54. The fraction of sp³-hybridized carbons (Fsp3) is 0.167. The lowest BCUT2D eigenvalue weighted by Crippen LogP contribution is -2.16. The van der Waals surface area contributed by atoms with Crippen molar-refractivity contribution in [3.8, 4) is 5.69 Å². The number of nitrogens with zero attached hydrogens (tertiary/aromatic N) is 1. The van der Waals surface area contributed by atoms with Crippen LogP contribution in [0.15, 0.2) is 47.8 Å². The first-order valence-electron chi connectivity index (χ1n) is 7.26. The highest BCUT2D eigenvalue weighted by Crippen LogP contribution is 2.35. The maximum atomic E-state index is 12.4. The molecule has 0 saturated heterocycles. The van der Waals surface area contributed by atoms with Crippen molar-refractivity contribution in [2.24, 2.45) is 0 Å². The highest BCUT2D eigenvalue weighted by molar-refractivity contribution is 7.19. The molecule has 0 N–H and O–H groups in total. The number of fused-ring (bicyclic) bond motifs is 1. The first kappa shape index (κ1) is 15.8. The topological polar surface area (TPSA) is 31.2 Å². The Hall–Kier alpha value is -2.04. The van der Waals surface area contributed by atoms with Crippen molar-refractivity contribution in [1.82, 2.24) is 4.57 Å². The van der Waals surface area contributed by atoms with Crippen molar-refractivity contribution >= 4 is 38.9 Å². The van der Waals surface area contributed by atoms with E-state index in [2.05, 4.69) is 6.58 Å². The van der Waals surface area contributed by atoms with Crippen LogP contribution in [0.5, 0.6) is 0 Å². The highest BCUT2D eigenvalue weighted by Gasteiger charge is 2.16. The third-order valence-electron chi connectivity index (χ3n) is 3.65. The van der Waals surface area contributed by atoms with E-state index in [-0.39, 0.29) is 5.56 Å². The average Bonchev–Trinajstić information content (AvgIpc) is 2.86. The minimum Gasteiger partial charge on any atom is -0.493 e. The maximum absolute atomic E-state index is 12.4. The molecule has 23 heavy (non-hydrogen) atoms. The Morgan fingerprint density at radius 1 is 1.26 bits per heavy atom. The third kappa shape index (κ3) is 2.80. The second kappa shape index (κ2) is 6.22. The van der Waals surface area contributed by atoms with Gasteiger partial charge in [0, 0.05) is 16.5 Å². The van der Waals surface area contributed by atoms with Gasteiger partial charge in [-0.2, -0.15) is 0 Å². The second-order valence-corrected chi connectivity index (χ2v) is 6.55. The normalized spacial score (nSPS) is 10.9. The van der Waals surface area contributed by atoms with E-state index in [4.69, 9.17) is 16.3 Å². The van der Waals surface area contributed by atoms with Crippen molar-refractivity contribution in [1.29, 1.82) is 0 Å². The lowest BCUT2D eigenvalue weighted by Gasteiger charge is -2.07. The number of aryl methyl sites for hydroxylation is 1. The van der Waals surface area contributed by atoms with E-state index in [1.165, 1.54) is 11.3 Å². The van der Waals surface area contributed by atoms with Gasteiger partial charge in [-0.25, -0.2) is 0 Å². The smallest absolute Gasteiger partial charge is 0.256 e. The molecule has 0 fully saturated rings. The number of pyridine rings is 1. The van der Waals surface area contributed by atoms with Crippen molar-refractivity contribution < 1.29 is 4.74 Å². The zero-order valence-corrected chi connectivity index (χ0v) is 14.5. The molecule has 2 aromatic heterocycles. The number of rotatable bonds is 4. The minimum absolute atomic E-state index is 0.0744. The summed E-state index contributed by atoms with van der Waals surface area (Å²) in [6.07, 6.45) is 0. The van der Waals surface area contributed by atoms with E-state index >= 15 is 0 Å². The molecule has 0 amide bonds. The summed E-state index contributed by atoms with van der Waals surface area (Å²) in [6, 6.07) is 10.7. The molecule has 0 atom stereocenters. The van der Waals surface area contributed by atoms with E-state index < -0.39 is 0 Å². The predicted molar refractivity (Wildman–Crippen MR) is 97.8 cm³/mol. The van der Waals surface area contributed by atoms with Crippen molar-refractivity contribution in [2.45, 2.75) is 13.8 Å². The van der Waals surface area contributed by atoms with Crippen LogP contribution in [0.1, 0.15) is 17.4 Å². The number of hydrogen-bond donors (Lipinski definition) is 0. The van der Waals surface area contributed by atoms with Gasteiger partial charge in [-0.3, -0.25) is 9.36 Å². The number of hydrogen-bond acceptors (Lipinski definition) is 3. The summed E-state index contributed by atoms with van der Waals surface area (Å²) in [7, 11) is 0. The Morgan fingerprint density at radius 3 is 2.61 bits per heavy atom. The van der Waals surface area contributed by atoms with Gasteiger partial charge in [0.25, 0.3) is 5.56 Å². The van der Waals surface area contributed by atoms with E-state index in [0.717, 1.165) is 26.3 Å². The summed E-state index contributed by atoms with van der Waals surface area (Å²) in [6.45, 7) is 8.51. The van der Waals surface area contributed by atoms with Gasteiger partial charge in [0.15, 0.2) is 0 Å². The lowest BCUT2D eigenvalue weighted by atomic mass is 10.2. The fourth-order valence-corrected chi connectivity index (χ4v) is 3.92. The van der Waals surface area contributed by atoms with Crippen LogP contribution in [0.2, 0.25) is 5.02 Å². The first-order chi connectivity index (χ1) is 11.0. The molecule has 3 rings (SSSR count). The molecule has 0 spiro atoms. The molecule has 0 aliphatic rings. The quantitative estimate of drug-likeness (QED) is 0.621. The van der Waals surface area contributed by atoms with E-state index in [9.17, 15) is 4.79 Å². The highest BCUT2D eigenvalue weighted by atomic mass is 35.5. The van der Waals surface area contributed by atoms with Gasteiger partial charge in [0.05, 0.1) is 17.2 Å². The van der Waals surface area contributed by atoms with Gasteiger partial charge in [-0.1, -0.05) is 18.2 Å². The largest absolute Gasteiger partial charge is 0.493 e. The summed E-state index contributed by atoms with van der Waals surface area (Å²) in [4.78, 5) is 14.3. The molecule has 0 aliphatic heterocycles. The molecule has 0 radical (unpaired) electrons. The molecule has 5 heteroatoms. The van der Waals surface area contributed by atoms with Crippen LogP contribution in [0, 0.1) is 6.92 Å². The van der Waals surface area contributed by atoms with Crippen LogP contribution in [0.3, 0.4) is 0 Å². The molecule has 0 bridgehead atoms. The third-order valence-corrected chi connectivity index (χ3v) is 5.23. The Balaban J connectivity index is 2.28. The van der Waals surface area contributed by atoms with Crippen LogP contribution < -0.4 is 5.56 Å². The molecule has 0 unspecified atom stereocenters. The minimum atomic E-state index is -0.0744. The summed E-state index contributed by atoms with van der Waals surface area (Å²) in [5, 5.41) is 1.67. The zero-order chi connectivity index (χ0) is 16.6. The number of benzene rings is 1. The standard InChI is InChI=1S/C18H16ClNO2S/c1-4-22-12(3)17-11(2)15-9-10-16(21)20(18(15)23-17)14-7-5-13(19)6-8-14/h5-10H,3-4H2,1-2H3. The number of ether oxygens (including phenoxy) is 1. The zero-order valence-electron chi connectivity index (χ0n) is 12.9. The van der Waals surface area contributed by atoms with E-state index in [0.29, 0.717) is 17.4 Å². The molecule has 0 saturated carbocycles. The molecule has 3 aromatic rings. The van der Waals surface area contributed by atoms with Crippen LogP contribution in [0.25, 0.3) is 21.7 Å². The lowest BCUT2D eigenvalue weighted by molar-refractivity contribution is 0.300. The first-order valence-corrected chi connectivity index (χ1v) is 8.45. The number of halogens is 1. The Bertz CT molecular complexity index is 938. The summed E-state index contributed by atoms with van der Waals surface area (Å²) < 4.78 is 7.24. The molecule has 2 heterocycles. The van der Waals surface area contributed by atoms with Gasteiger partial charge in [0.2, 0.25) is 0 Å². The van der Waals surface area contributed by atoms with Crippen LogP contribution in [0.4, 0.5) is 0 Å². The molecular weight excluding hydrogens is 330 g/mol. The summed E-state index contributed by atoms with van der Waals surface area (Å²) in [5.74, 6) is 0.640. The second-order valence-electron chi connectivity index (χ2n) is 5.11. The van der Waals surface area contributed by atoms with Gasteiger partial charge < -0.3 is 4.74 Å². The Kier molecular flexibility index (Phi) is 4.28. The average molecular weight is 346 g/mol. The van der Waals surface area contributed by atoms with Gasteiger partial charge in [-0.15, -0.1) is 11.3 Å². The summed E-state index contributed by atoms with van der Waals surface area (Å²) in [5.41, 5.74) is 1.79. The van der Waals surface area contributed by atoms with Gasteiger partial charge >= 0.3 is 0 Å². The van der Waals surface area contributed by atoms with Crippen LogP contribution in [-0.2, 0) is 4.74 Å². The molecule has 118 valence electrons. The van der Waals surface area contributed by atoms with Crippen LogP contribution in [-0.4, -0.2) is 11.2 Å². The van der Waals surface area contributed by atoms with Crippen molar-refractivity contribution in [2.75, 3.05) is 6.61 Å². The number of thiophene rings is 1. The number of aromatic nitrogens is 1. The Labute approximate surface area is 143 Å². The SMILES string of the molecule is C=C(OCC)c1sc2c(ccc(=O)n2-c2ccc(Cl)cc2)c1C. The predicted octanol–water partition coefficient (Wildman–Crippen LogP) is 5.02. The van der Waals surface area contributed by atoms with Gasteiger partial charge in [0.1, 0.15) is 10.6 Å². The van der Waals surface area contributed by atoms with E-state index in [1.807, 2.05) is 32.0 Å². The Morgan fingerprint density at radius 2 is 1.96 bits per heavy atom. The van der Waals surface area contributed by atoms with Crippen LogP contribution >= 0.6 is 22.9 Å². The van der Waals surface area contributed by atoms with Gasteiger partial charge in [-0.05, 0) is 49.7 Å². The van der Waals surface area contributed by atoms with Crippen molar-refractivity contribution in [3.63, 3.8) is 0 Å². The van der Waals surface area contributed by atoms with Crippen molar-refractivity contribution in [3.05, 3.63) is 68.8 Å². The molecular formula is C18H16ClNO2S.